The standard InChI is InChI=1S/C9H27Cl3Si6/c1-13(2)16(7,10)14(3,4)18(9,12)15(5,6)17(13,8)11/h1-9H3. The minimum absolute atomic E-state index is 1.52. The molecule has 0 radical (unpaired) electrons. The van der Waals surface area contributed by atoms with E-state index in [4.69, 9.17) is 33.2 Å². The van der Waals surface area contributed by atoms with Gasteiger partial charge in [-0.3, -0.25) is 0 Å². The fourth-order valence-corrected chi connectivity index (χ4v) is 258. The van der Waals surface area contributed by atoms with E-state index in [1.54, 1.807) is 0 Å². The van der Waals surface area contributed by atoms with Crippen LogP contribution in [0.5, 0.6) is 0 Å². The zero-order valence-corrected chi connectivity index (χ0v) is 21.4. The van der Waals surface area contributed by atoms with Gasteiger partial charge in [0.05, 0.1) is 21.3 Å². The van der Waals surface area contributed by atoms with Crippen LogP contribution in [0.2, 0.25) is 58.9 Å². The molecule has 1 heterocycles. The molecule has 1 aliphatic rings. The van der Waals surface area contributed by atoms with Gasteiger partial charge in [0.25, 0.3) is 0 Å². The first kappa shape index (κ1) is 18.2. The van der Waals surface area contributed by atoms with Gasteiger partial charge in [-0.25, -0.2) is 0 Å². The Labute approximate surface area is 132 Å². The largest absolute Gasteiger partial charge is 0.175 e. The molecule has 9 heteroatoms. The quantitative estimate of drug-likeness (QED) is 0.388. The van der Waals surface area contributed by atoms with Crippen LogP contribution in [0, 0.1) is 0 Å². The van der Waals surface area contributed by atoms with Crippen LogP contribution in [0.25, 0.3) is 0 Å². The summed E-state index contributed by atoms with van der Waals surface area (Å²) in [5.41, 5.74) is 0. The summed E-state index contributed by atoms with van der Waals surface area (Å²) in [4.78, 5) is 0. The minimum atomic E-state index is -1.76. The second-order valence-corrected chi connectivity index (χ2v) is 85.7. The van der Waals surface area contributed by atoms with Gasteiger partial charge in [0.1, 0.15) is 19.3 Å². The summed E-state index contributed by atoms with van der Waals surface area (Å²) in [6, 6.07) is 0. The van der Waals surface area contributed by atoms with Crippen molar-refractivity contribution >= 4 is 73.8 Å². The molecule has 1 fully saturated rings. The lowest BCUT2D eigenvalue weighted by Gasteiger charge is -2.67. The summed E-state index contributed by atoms with van der Waals surface area (Å²) in [6.07, 6.45) is -5.28. The molecule has 0 nitrogen and oxygen atoms in total. The molecule has 0 N–H and O–H groups in total. The van der Waals surface area contributed by atoms with Crippen LogP contribution >= 0.6 is 33.2 Å². The first-order chi connectivity index (χ1) is 7.50. The van der Waals surface area contributed by atoms with Crippen LogP contribution in [0.3, 0.4) is 0 Å². The van der Waals surface area contributed by atoms with Crippen molar-refractivity contribution in [3.8, 4) is 0 Å². The molecule has 0 aliphatic carbocycles. The van der Waals surface area contributed by atoms with Gasteiger partial charge in [0.15, 0.2) is 0 Å². The zero-order chi connectivity index (χ0) is 15.0. The smallest absolute Gasteiger partial charge is 0.133 e. The van der Waals surface area contributed by atoms with E-state index in [0.29, 0.717) is 0 Å². The van der Waals surface area contributed by atoms with Gasteiger partial charge in [-0.1, -0.05) is 58.9 Å². The monoisotopic (exact) mass is 408 g/mol. The molecule has 0 spiro atoms. The number of halogens is 3. The van der Waals surface area contributed by atoms with E-state index in [1.165, 1.54) is 0 Å². The number of hydrogen-bond donors (Lipinski definition) is 0. The molecule has 0 aromatic carbocycles. The molecular formula is C9H27Cl3Si6. The molecule has 1 rings (SSSR count). The van der Waals surface area contributed by atoms with Crippen molar-refractivity contribution in [2.75, 3.05) is 0 Å². The van der Waals surface area contributed by atoms with Crippen LogP contribution in [0.4, 0.5) is 0 Å². The van der Waals surface area contributed by atoms with Gasteiger partial charge < -0.3 is 0 Å². The van der Waals surface area contributed by atoms with Crippen molar-refractivity contribution in [3.63, 3.8) is 0 Å². The van der Waals surface area contributed by atoms with E-state index in [2.05, 4.69) is 58.9 Å². The van der Waals surface area contributed by atoms with Crippen LogP contribution in [0.1, 0.15) is 0 Å². The first-order valence-corrected chi connectivity index (χ1v) is 32.1. The van der Waals surface area contributed by atoms with Crippen molar-refractivity contribution in [2.24, 2.45) is 0 Å². The van der Waals surface area contributed by atoms with Crippen molar-refractivity contribution < 1.29 is 0 Å². The molecular weight excluding hydrogens is 383 g/mol. The normalized spacial score (nSPS) is 50.0. The van der Waals surface area contributed by atoms with Gasteiger partial charge >= 0.3 is 0 Å². The van der Waals surface area contributed by atoms with Gasteiger partial charge in [-0.05, 0) is 0 Å². The lowest BCUT2D eigenvalue weighted by atomic mass is 11.9. The average molecular weight is 410 g/mol. The highest BCUT2D eigenvalue weighted by molar-refractivity contribution is 8.25. The van der Waals surface area contributed by atoms with E-state index in [9.17, 15) is 0 Å². The molecule has 0 bridgehead atoms. The molecule has 0 aromatic heterocycles. The highest BCUT2D eigenvalue weighted by Gasteiger charge is 2.80. The highest BCUT2D eigenvalue weighted by atomic mass is 35.6. The summed E-state index contributed by atoms with van der Waals surface area (Å²) in [7, 11) is -4.57. The predicted octanol–water partition coefficient (Wildman–Crippen LogP) is 5.04. The zero-order valence-electron chi connectivity index (χ0n) is 13.1. The molecule has 0 amide bonds. The maximum Gasteiger partial charge on any atom is 0.133 e. The summed E-state index contributed by atoms with van der Waals surface area (Å²) in [5.74, 6) is 0. The Balaban J connectivity index is 3.72. The molecule has 108 valence electrons. The van der Waals surface area contributed by atoms with Gasteiger partial charge in [0, 0.05) is 0 Å². The summed E-state index contributed by atoms with van der Waals surface area (Å²) < 4.78 is 0. The maximum absolute atomic E-state index is 7.34. The Morgan fingerprint density at radius 2 is 0.500 bits per heavy atom. The topological polar surface area (TPSA) is 0 Å². The van der Waals surface area contributed by atoms with Gasteiger partial charge in [-0.15, -0.1) is 0 Å². The minimum Gasteiger partial charge on any atom is -0.175 e. The van der Waals surface area contributed by atoms with Gasteiger partial charge in [0.2, 0.25) is 0 Å². The molecule has 0 unspecified atom stereocenters. The fourth-order valence-electron chi connectivity index (χ4n) is 3.67. The first-order valence-electron chi connectivity index (χ1n) is 6.57. The maximum atomic E-state index is 7.34. The van der Waals surface area contributed by atoms with Crippen LogP contribution in [-0.4, -0.2) is 40.6 Å². The van der Waals surface area contributed by atoms with Crippen molar-refractivity contribution in [2.45, 2.75) is 58.9 Å². The Morgan fingerprint density at radius 3 is 0.611 bits per heavy atom. The third-order valence-electron chi connectivity index (χ3n) is 7.04. The summed E-state index contributed by atoms with van der Waals surface area (Å²) in [5, 5.41) is 0. The summed E-state index contributed by atoms with van der Waals surface area (Å²) in [6.45, 7) is 22.3. The van der Waals surface area contributed by atoms with E-state index >= 15 is 0 Å². The number of rotatable bonds is 0. The van der Waals surface area contributed by atoms with E-state index in [1.807, 2.05) is 0 Å². The van der Waals surface area contributed by atoms with Crippen molar-refractivity contribution in [1.29, 1.82) is 0 Å². The third kappa shape index (κ3) is 1.70. The van der Waals surface area contributed by atoms with E-state index < -0.39 is 40.6 Å². The molecule has 0 saturated carbocycles. The SMILES string of the molecule is C[Si]1(C)[Si](C)(Cl)[Si](C)(C)[Si](C)(Cl)[Si](C)(C)[Si]1(C)Cl. The predicted molar refractivity (Wildman–Crippen MR) is 105 cm³/mol. The molecule has 0 aromatic rings. The Hall–Kier alpha value is 2.17. The van der Waals surface area contributed by atoms with E-state index in [0.717, 1.165) is 0 Å². The number of hydrogen-bond acceptors (Lipinski definition) is 0. The fraction of sp³-hybridized carbons (Fsp3) is 1.00. The molecule has 1 aliphatic heterocycles. The van der Waals surface area contributed by atoms with Crippen LogP contribution in [-0.2, 0) is 0 Å². The lowest BCUT2D eigenvalue weighted by Crippen LogP contribution is -2.98. The summed E-state index contributed by atoms with van der Waals surface area (Å²) >= 11 is 22.0. The van der Waals surface area contributed by atoms with Gasteiger partial charge in [-0.2, -0.15) is 33.2 Å². The van der Waals surface area contributed by atoms with Crippen LogP contribution < -0.4 is 0 Å². The van der Waals surface area contributed by atoms with Crippen molar-refractivity contribution in [3.05, 3.63) is 0 Å². The Bertz CT molecular complexity index is 257. The molecule has 1 saturated heterocycles. The second-order valence-electron chi connectivity index (χ2n) is 7.88. The molecule has 18 heavy (non-hydrogen) atoms. The second kappa shape index (κ2) is 4.34. The highest BCUT2D eigenvalue weighted by Crippen LogP contribution is 2.55. The van der Waals surface area contributed by atoms with Crippen LogP contribution in [0.15, 0.2) is 0 Å². The third-order valence-corrected chi connectivity index (χ3v) is 172. The van der Waals surface area contributed by atoms with Crippen molar-refractivity contribution in [1.82, 2.24) is 0 Å². The van der Waals surface area contributed by atoms with E-state index in [-0.39, 0.29) is 0 Å². The molecule has 0 atom stereocenters. The lowest BCUT2D eigenvalue weighted by molar-refractivity contribution is 1.83. The Kier molecular flexibility index (Phi) is 4.40. The Morgan fingerprint density at radius 1 is 0.389 bits per heavy atom. The average Bonchev–Trinajstić information content (AvgIpc) is 2.14.